The minimum absolute atomic E-state index is 0.259. The zero-order valence-corrected chi connectivity index (χ0v) is 18.5. The maximum Gasteiger partial charge on any atom is 0.416 e. The number of alkyl halides is 3. The van der Waals surface area contributed by atoms with Gasteiger partial charge >= 0.3 is 6.18 Å². The van der Waals surface area contributed by atoms with E-state index in [9.17, 15) is 18.0 Å². The Kier molecular flexibility index (Phi) is 5.32. The van der Waals surface area contributed by atoms with E-state index in [0.717, 1.165) is 39.0 Å². The van der Waals surface area contributed by atoms with Crippen molar-refractivity contribution in [3.63, 3.8) is 0 Å². The molecule has 0 saturated carbocycles. The van der Waals surface area contributed by atoms with E-state index in [4.69, 9.17) is 4.98 Å². The zero-order chi connectivity index (χ0) is 23.2. The van der Waals surface area contributed by atoms with Gasteiger partial charge in [0.1, 0.15) is 0 Å². The van der Waals surface area contributed by atoms with Crippen molar-refractivity contribution < 1.29 is 18.0 Å². The van der Waals surface area contributed by atoms with Crippen LogP contribution >= 0.6 is 11.3 Å². The van der Waals surface area contributed by atoms with Gasteiger partial charge in [-0.05, 0) is 43.3 Å². The fraction of sp³-hybridized carbons (Fsp3) is 0.261. The van der Waals surface area contributed by atoms with Crippen LogP contribution in [0.5, 0.6) is 0 Å². The first-order chi connectivity index (χ1) is 15.8. The summed E-state index contributed by atoms with van der Waals surface area (Å²) >= 11 is 1.58. The summed E-state index contributed by atoms with van der Waals surface area (Å²) in [5.41, 5.74) is 2.16. The third-order valence-electron chi connectivity index (χ3n) is 5.67. The third kappa shape index (κ3) is 4.06. The molecule has 0 radical (unpaired) electrons. The van der Waals surface area contributed by atoms with Crippen LogP contribution in [0.15, 0.2) is 54.6 Å². The maximum atomic E-state index is 12.8. The molecular formula is C23H20F3N5OS. The Bertz CT molecular complexity index is 1290. The molecule has 0 spiro atoms. The van der Waals surface area contributed by atoms with Crippen molar-refractivity contribution in [3.8, 4) is 5.69 Å². The van der Waals surface area contributed by atoms with Crippen LogP contribution in [0, 0.1) is 6.92 Å². The van der Waals surface area contributed by atoms with Crippen molar-refractivity contribution >= 4 is 32.7 Å². The van der Waals surface area contributed by atoms with Crippen LogP contribution in [0.1, 0.15) is 21.6 Å². The van der Waals surface area contributed by atoms with Gasteiger partial charge in [0.25, 0.3) is 5.91 Å². The molecule has 0 N–H and O–H groups in total. The zero-order valence-electron chi connectivity index (χ0n) is 17.7. The molecule has 6 nitrogen and oxygen atoms in total. The van der Waals surface area contributed by atoms with Crippen LogP contribution in [0.25, 0.3) is 16.0 Å². The Labute approximate surface area is 191 Å². The normalized spacial score (nSPS) is 14.8. The van der Waals surface area contributed by atoms with Crippen LogP contribution in [0.2, 0.25) is 0 Å². The second kappa shape index (κ2) is 8.18. The number of fused-ring (bicyclic) bond motifs is 1. The molecule has 1 aliphatic rings. The number of carbonyl (C=O) groups excluding carboxylic acids is 1. The number of hydrogen-bond donors (Lipinski definition) is 0. The molecule has 1 fully saturated rings. The lowest BCUT2D eigenvalue weighted by Crippen LogP contribution is -2.48. The lowest BCUT2D eigenvalue weighted by Gasteiger charge is -2.34. The summed E-state index contributed by atoms with van der Waals surface area (Å²) in [6.07, 6.45) is -4.42. The number of aromatic nitrogens is 3. The van der Waals surface area contributed by atoms with Crippen molar-refractivity contribution in [1.82, 2.24) is 19.7 Å². The number of amides is 1. The molecule has 2 aromatic heterocycles. The van der Waals surface area contributed by atoms with Crippen molar-refractivity contribution in [1.29, 1.82) is 0 Å². The van der Waals surface area contributed by atoms with E-state index in [2.05, 4.69) is 10.00 Å². The number of benzene rings is 2. The van der Waals surface area contributed by atoms with Gasteiger partial charge in [-0.15, -0.1) is 0 Å². The van der Waals surface area contributed by atoms with Gasteiger partial charge in [-0.3, -0.25) is 4.79 Å². The van der Waals surface area contributed by atoms with E-state index >= 15 is 0 Å². The highest BCUT2D eigenvalue weighted by Gasteiger charge is 2.31. The number of hydrogen-bond acceptors (Lipinski definition) is 5. The SMILES string of the molecule is Cc1nn(-c2ccccc2)c2nc(N3CCN(C(=O)c4ccc(C(F)(F)F)cc4)CC3)sc12. The highest BCUT2D eigenvalue weighted by Crippen LogP contribution is 2.33. The van der Waals surface area contributed by atoms with E-state index < -0.39 is 11.7 Å². The summed E-state index contributed by atoms with van der Waals surface area (Å²) in [6, 6.07) is 14.2. The third-order valence-corrected chi connectivity index (χ3v) is 6.89. The Morgan fingerprint density at radius 2 is 1.64 bits per heavy atom. The number of thiazole rings is 1. The summed E-state index contributed by atoms with van der Waals surface area (Å²) in [6.45, 7) is 4.10. The number of aryl methyl sites for hydroxylation is 1. The van der Waals surface area contributed by atoms with Gasteiger partial charge in [0.05, 0.1) is 21.6 Å². The number of nitrogens with zero attached hydrogens (tertiary/aromatic N) is 5. The molecule has 1 saturated heterocycles. The average Bonchev–Trinajstić information content (AvgIpc) is 3.39. The summed E-state index contributed by atoms with van der Waals surface area (Å²) in [7, 11) is 0. The number of rotatable bonds is 3. The number of anilines is 1. The largest absolute Gasteiger partial charge is 0.416 e. The van der Waals surface area contributed by atoms with Crippen LogP contribution in [0.3, 0.4) is 0 Å². The fourth-order valence-electron chi connectivity index (χ4n) is 3.89. The molecule has 0 unspecified atom stereocenters. The molecule has 0 bridgehead atoms. The van der Waals surface area contributed by atoms with Gasteiger partial charge in [0.15, 0.2) is 10.8 Å². The predicted molar refractivity (Wildman–Crippen MR) is 121 cm³/mol. The van der Waals surface area contributed by atoms with Crippen molar-refractivity contribution in [3.05, 3.63) is 71.4 Å². The predicted octanol–water partition coefficient (Wildman–Crippen LogP) is 4.77. The van der Waals surface area contributed by atoms with E-state index in [-0.39, 0.29) is 11.5 Å². The molecule has 2 aromatic carbocycles. The number of carbonyl (C=O) groups is 1. The highest BCUT2D eigenvalue weighted by molar-refractivity contribution is 7.22. The lowest BCUT2D eigenvalue weighted by molar-refractivity contribution is -0.137. The second-order valence-electron chi connectivity index (χ2n) is 7.84. The molecule has 1 amide bonds. The number of halogens is 3. The molecule has 170 valence electrons. The summed E-state index contributed by atoms with van der Waals surface area (Å²) in [4.78, 5) is 21.4. The molecular weight excluding hydrogens is 451 g/mol. The number of para-hydroxylation sites is 1. The van der Waals surface area contributed by atoms with Gasteiger partial charge < -0.3 is 9.80 Å². The van der Waals surface area contributed by atoms with Gasteiger partial charge in [-0.25, -0.2) is 4.68 Å². The van der Waals surface area contributed by atoms with E-state index in [1.165, 1.54) is 12.1 Å². The quantitative estimate of drug-likeness (QED) is 0.432. The fourth-order valence-corrected chi connectivity index (χ4v) is 4.93. The first-order valence-electron chi connectivity index (χ1n) is 10.4. The Balaban J connectivity index is 1.30. The van der Waals surface area contributed by atoms with E-state index in [1.54, 1.807) is 16.2 Å². The van der Waals surface area contributed by atoms with E-state index in [1.807, 2.05) is 41.9 Å². The summed E-state index contributed by atoms with van der Waals surface area (Å²) in [5.74, 6) is -0.261. The van der Waals surface area contributed by atoms with Crippen molar-refractivity contribution in [2.24, 2.45) is 0 Å². The Morgan fingerprint density at radius 3 is 2.27 bits per heavy atom. The average molecular weight is 472 g/mol. The van der Waals surface area contributed by atoms with Gasteiger partial charge in [0.2, 0.25) is 0 Å². The molecule has 0 atom stereocenters. The monoisotopic (exact) mass is 471 g/mol. The minimum atomic E-state index is -4.42. The molecule has 0 aliphatic carbocycles. The number of piperazine rings is 1. The Morgan fingerprint density at radius 1 is 0.970 bits per heavy atom. The van der Waals surface area contributed by atoms with Crippen LogP contribution in [0.4, 0.5) is 18.3 Å². The standard InChI is InChI=1S/C23H20F3N5OS/c1-15-19-20(31(28-15)18-5-3-2-4-6-18)27-22(33-19)30-13-11-29(12-14-30)21(32)16-7-9-17(10-8-16)23(24,25)26/h2-10H,11-14H2,1H3. The minimum Gasteiger partial charge on any atom is -0.344 e. The van der Waals surface area contributed by atoms with Crippen LogP contribution < -0.4 is 4.90 Å². The lowest BCUT2D eigenvalue weighted by atomic mass is 10.1. The highest BCUT2D eigenvalue weighted by atomic mass is 32.1. The summed E-state index contributed by atoms with van der Waals surface area (Å²) < 4.78 is 41.2. The topological polar surface area (TPSA) is 54.3 Å². The molecule has 33 heavy (non-hydrogen) atoms. The van der Waals surface area contributed by atoms with Crippen molar-refractivity contribution in [2.75, 3.05) is 31.1 Å². The molecule has 3 heterocycles. The first kappa shape index (κ1) is 21.4. The molecule has 1 aliphatic heterocycles. The molecule has 10 heteroatoms. The van der Waals surface area contributed by atoms with Gasteiger partial charge in [0, 0.05) is 31.7 Å². The Hall–Kier alpha value is -3.40. The molecule has 4 aromatic rings. The van der Waals surface area contributed by atoms with Gasteiger partial charge in [-0.1, -0.05) is 29.5 Å². The molecule has 5 rings (SSSR count). The summed E-state index contributed by atoms with van der Waals surface area (Å²) in [5, 5.41) is 5.49. The van der Waals surface area contributed by atoms with Gasteiger partial charge in [-0.2, -0.15) is 23.3 Å². The smallest absolute Gasteiger partial charge is 0.344 e. The first-order valence-corrected chi connectivity index (χ1v) is 11.3. The van der Waals surface area contributed by atoms with Crippen LogP contribution in [-0.2, 0) is 6.18 Å². The van der Waals surface area contributed by atoms with Crippen molar-refractivity contribution in [2.45, 2.75) is 13.1 Å². The maximum absolute atomic E-state index is 12.8. The van der Waals surface area contributed by atoms with Crippen LogP contribution in [-0.4, -0.2) is 51.8 Å². The van der Waals surface area contributed by atoms with E-state index in [0.29, 0.717) is 26.2 Å². The second-order valence-corrected chi connectivity index (χ2v) is 8.81.